The zero-order chi connectivity index (χ0) is 8.84. The molecule has 0 spiro atoms. The minimum Gasteiger partial charge on any atom is -0.510 e. The van der Waals surface area contributed by atoms with E-state index in [1.807, 2.05) is 35.4 Å². The number of nitrogens with zero attached hydrogens (tertiary/aromatic N) is 2. The lowest BCUT2D eigenvalue weighted by Crippen LogP contribution is -2.20. The lowest BCUT2D eigenvalue weighted by Gasteiger charge is -2.17. The van der Waals surface area contributed by atoms with Crippen molar-refractivity contribution in [3.63, 3.8) is 0 Å². The normalized spacial score (nSPS) is 28.2. The van der Waals surface area contributed by atoms with E-state index < -0.39 is 0 Å². The number of fused-ring (bicyclic) bond motifs is 3. The first kappa shape index (κ1) is 6.71. The second kappa shape index (κ2) is 2.13. The number of hydrogen-bond acceptors (Lipinski definition) is 3. The molecule has 0 amide bonds. The molecule has 3 nitrogen and oxygen atoms in total. The summed E-state index contributed by atoms with van der Waals surface area (Å²) in [5, 5.41) is 9.47. The average molecular weight is 172 g/mol. The third kappa shape index (κ3) is 0.758. The third-order valence-corrected chi connectivity index (χ3v) is 2.36. The molecule has 3 heteroatoms. The minimum atomic E-state index is -0.164. The molecule has 0 saturated carbocycles. The summed E-state index contributed by atoms with van der Waals surface area (Å²) in [4.78, 5) is 6.36. The van der Waals surface area contributed by atoms with Gasteiger partial charge in [0.05, 0.1) is 5.70 Å². The van der Waals surface area contributed by atoms with Crippen molar-refractivity contribution >= 4 is 5.84 Å². The van der Waals surface area contributed by atoms with E-state index in [-0.39, 0.29) is 6.04 Å². The van der Waals surface area contributed by atoms with Crippen molar-refractivity contribution in [2.24, 2.45) is 4.99 Å². The maximum absolute atomic E-state index is 9.47. The van der Waals surface area contributed by atoms with E-state index in [2.05, 4.69) is 4.99 Å². The molecule has 0 aromatic rings. The number of amidine groups is 1. The Morgan fingerprint density at radius 1 is 1.31 bits per heavy atom. The van der Waals surface area contributed by atoms with Crippen molar-refractivity contribution in [3.05, 3.63) is 48.0 Å². The molecule has 0 aromatic heterocycles. The summed E-state index contributed by atoms with van der Waals surface area (Å²) in [7, 11) is 0. The van der Waals surface area contributed by atoms with Gasteiger partial charge in [-0.25, -0.2) is 4.99 Å². The fraction of sp³-hybridized carbons (Fsp3) is 0.100. The number of aliphatic imine (C=N–C) groups is 1. The van der Waals surface area contributed by atoms with Crippen molar-refractivity contribution in [2.45, 2.75) is 6.04 Å². The van der Waals surface area contributed by atoms with Gasteiger partial charge in [-0.2, -0.15) is 0 Å². The summed E-state index contributed by atoms with van der Waals surface area (Å²) in [6, 6.07) is -0.164. The first-order chi connectivity index (χ1) is 6.36. The van der Waals surface area contributed by atoms with Crippen LogP contribution in [-0.4, -0.2) is 21.9 Å². The first-order valence-corrected chi connectivity index (χ1v) is 4.19. The Labute approximate surface area is 75.7 Å². The molecule has 13 heavy (non-hydrogen) atoms. The number of rotatable bonds is 0. The first-order valence-electron chi connectivity index (χ1n) is 4.19. The summed E-state index contributed by atoms with van der Waals surface area (Å²) in [6.45, 7) is 0. The second-order valence-electron chi connectivity index (χ2n) is 3.14. The number of allylic oxidation sites excluding steroid dienone is 4. The molecule has 0 fully saturated rings. The maximum Gasteiger partial charge on any atom is 0.149 e. The molecule has 3 rings (SSSR count). The van der Waals surface area contributed by atoms with Crippen LogP contribution in [-0.2, 0) is 0 Å². The largest absolute Gasteiger partial charge is 0.510 e. The molecule has 1 N–H and O–H groups in total. The van der Waals surface area contributed by atoms with Gasteiger partial charge in [-0.05, 0) is 24.3 Å². The van der Waals surface area contributed by atoms with E-state index in [4.69, 9.17) is 0 Å². The monoisotopic (exact) mass is 172 g/mol. The van der Waals surface area contributed by atoms with Gasteiger partial charge in [-0.15, -0.1) is 0 Å². The van der Waals surface area contributed by atoms with E-state index in [1.54, 1.807) is 6.08 Å². The van der Waals surface area contributed by atoms with Gasteiger partial charge in [0, 0.05) is 6.20 Å². The smallest absolute Gasteiger partial charge is 0.149 e. The Morgan fingerprint density at radius 3 is 3.15 bits per heavy atom. The van der Waals surface area contributed by atoms with Crippen molar-refractivity contribution in [1.29, 1.82) is 0 Å². The fourth-order valence-corrected chi connectivity index (χ4v) is 1.74. The van der Waals surface area contributed by atoms with E-state index in [0.717, 1.165) is 11.5 Å². The quantitative estimate of drug-likeness (QED) is 0.601. The lowest BCUT2D eigenvalue weighted by molar-refractivity contribution is 0.382. The van der Waals surface area contributed by atoms with Gasteiger partial charge in [-0.1, -0.05) is 6.08 Å². The Kier molecular flexibility index (Phi) is 1.10. The topological polar surface area (TPSA) is 35.8 Å². The predicted octanol–water partition coefficient (Wildman–Crippen LogP) is 1.49. The Bertz CT molecular complexity index is 413. The van der Waals surface area contributed by atoms with E-state index >= 15 is 0 Å². The molecule has 3 aliphatic rings. The van der Waals surface area contributed by atoms with Crippen LogP contribution >= 0.6 is 0 Å². The predicted molar refractivity (Wildman–Crippen MR) is 50.1 cm³/mol. The van der Waals surface area contributed by atoms with E-state index in [9.17, 15) is 5.11 Å². The number of aliphatic hydroxyl groups excluding tert-OH is 1. The molecule has 2 aliphatic heterocycles. The summed E-state index contributed by atoms with van der Waals surface area (Å²) < 4.78 is 0. The fourth-order valence-electron chi connectivity index (χ4n) is 1.74. The van der Waals surface area contributed by atoms with Crippen LogP contribution in [0, 0.1) is 0 Å². The van der Waals surface area contributed by atoms with Crippen LogP contribution in [0.15, 0.2) is 53.0 Å². The highest BCUT2D eigenvalue weighted by atomic mass is 16.3. The van der Waals surface area contributed by atoms with E-state index in [1.165, 1.54) is 0 Å². The lowest BCUT2D eigenvalue weighted by atomic mass is 10.2. The van der Waals surface area contributed by atoms with Crippen LogP contribution in [0.2, 0.25) is 0 Å². The molecule has 1 unspecified atom stereocenters. The summed E-state index contributed by atoms with van der Waals surface area (Å²) in [6.07, 6.45) is 11.4. The number of hydrogen-bond donors (Lipinski definition) is 1. The molecule has 0 radical (unpaired) electrons. The highest BCUT2D eigenvalue weighted by Gasteiger charge is 2.33. The molecule has 0 saturated heterocycles. The molecule has 0 bridgehead atoms. The van der Waals surface area contributed by atoms with Gasteiger partial charge in [0.2, 0.25) is 0 Å². The molecular formula is C10H8N2O. The molecular weight excluding hydrogens is 164 g/mol. The van der Waals surface area contributed by atoms with Gasteiger partial charge in [-0.3, -0.25) is 0 Å². The number of aliphatic hydroxyl groups is 1. The molecule has 0 aromatic carbocycles. The Balaban J connectivity index is 2.09. The van der Waals surface area contributed by atoms with E-state index in [0.29, 0.717) is 5.76 Å². The third-order valence-electron chi connectivity index (χ3n) is 2.36. The van der Waals surface area contributed by atoms with Gasteiger partial charge >= 0.3 is 0 Å². The summed E-state index contributed by atoms with van der Waals surface area (Å²) in [5.74, 6) is 1.23. The van der Waals surface area contributed by atoms with Crippen LogP contribution in [0.4, 0.5) is 0 Å². The maximum atomic E-state index is 9.47. The van der Waals surface area contributed by atoms with Crippen molar-refractivity contribution in [2.75, 3.05) is 0 Å². The van der Waals surface area contributed by atoms with Crippen molar-refractivity contribution in [3.8, 4) is 0 Å². The van der Waals surface area contributed by atoms with Gasteiger partial charge < -0.3 is 10.0 Å². The molecule has 64 valence electrons. The van der Waals surface area contributed by atoms with Crippen LogP contribution in [0.1, 0.15) is 0 Å². The standard InChI is InChI=1S/C10H8N2O/c13-8-5-4-7-10(8)11-9-3-1-2-6-12(7)9/h1-6,10,13H. The molecule has 2 heterocycles. The van der Waals surface area contributed by atoms with Crippen LogP contribution in [0.3, 0.4) is 0 Å². The second-order valence-corrected chi connectivity index (χ2v) is 3.14. The molecule has 1 atom stereocenters. The Morgan fingerprint density at radius 2 is 2.23 bits per heavy atom. The van der Waals surface area contributed by atoms with Crippen molar-refractivity contribution in [1.82, 2.24) is 4.90 Å². The minimum absolute atomic E-state index is 0.164. The Hall–Kier alpha value is -1.77. The zero-order valence-electron chi connectivity index (χ0n) is 6.88. The van der Waals surface area contributed by atoms with Crippen LogP contribution in [0.25, 0.3) is 0 Å². The summed E-state index contributed by atoms with van der Waals surface area (Å²) in [5.41, 5.74) is 1.04. The highest BCUT2D eigenvalue weighted by Crippen LogP contribution is 2.32. The van der Waals surface area contributed by atoms with Crippen LogP contribution in [0.5, 0.6) is 0 Å². The highest BCUT2D eigenvalue weighted by molar-refractivity contribution is 5.99. The molecule has 1 aliphatic carbocycles. The van der Waals surface area contributed by atoms with Crippen LogP contribution < -0.4 is 0 Å². The van der Waals surface area contributed by atoms with Gasteiger partial charge in [0.1, 0.15) is 17.6 Å². The average Bonchev–Trinajstić information content (AvgIpc) is 2.67. The van der Waals surface area contributed by atoms with Crippen molar-refractivity contribution < 1.29 is 5.11 Å². The SMILES string of the molecule is OC1=CC=C2C1N=C1C=CC=CN21. The zero-order valence-corrected chi connectivity index (χ0v) is 6.88. The summed E-state index contributed by atoms with van der Waals surface area (Å²) >= 11 is 0. The van der Waals surface area contributed by atoms with Gasteiger partial charge in [0.15, 0.2) is 0 Å². The van der Waals surface area contributed by atoms with Gasteiger partial charge in [0.25, 0.3) is 0 Å².